The summed E-state index contributed by atoms with van der Waals surface area (Å²) in [5.41, 5.74) is 4.04. The minimum absolute atomic E-state index is 0.235. The minimum Gasteiger partial charge on any atom is -0.482 e. The third-order valence-electron chi connectivity index (χ3n) is 3.82. The van der Waals surface area contributed by atoms with Crippen LogP contribution in [0.4, 0.5) is 5.69 Å². The number of hydrogen-bond acceptors (Lipinski definition) is 4. The van der Waals surface area contributed by atoms with Crippen molar-refractivity contribution in [2.24, 2.45) is 0 Å². The highest BCUT2D eigenvalue weighted by molar-refractivity contribution is 5.92. The largest absolute Gasteiger partial charge is 0.482 e. The second kappa shape index (κ2) is 8.87. The maximum Gasteiger partial charge on any atom is 0.344 e. The lowest BCUT2D eigenvalue weighted by molar-refractivity contribution is -0.149. The first-order valence-corrected chi connectivity index (χ1v) is 8.22. The number of aryl methyl sites for hydroxylation is 3. The van der Waals surface area contributed by atoms with Crippen LogP contribution in [0, 0.1) is 13.8 Å². The molecule has 2 rings (SSSR count). The van der Waals surface area contributed by atoms with Gasteiger partial charge in [0, 0.05) is 5.69 Å². The Morgan fingerprint density at radius 3 is 2.52 bits per heavy atom. The molecule has 132 valence electrons. The van der Waals surface area contributed by atoms with E-state index in [-0.39, 0.29) is 19.1 Å². The van der Waals surface area contributed by atoms with Gasteiger partial charge in [0.05, 0.1) is 0 Å². The maximum absolute atomic E-state index is 11.8. The van der Waals surface area contributed by atoms with E-state index in [9.17, 15) is 9.59 Å². The quantitative estimate of drug-likeness (QED) is 0.784. The predicted octanol–water partition coefficient (Wildman–Crippen LogP) is 3.43. The molecule has 2 aromatic rings. The number of carbonyl (C=O) groups excluding carboxylic acids is 2. The van der Waals surface area contributed by atoms with Crippen LogP contribution in [0.2, 0.25) is 0 Å². The second-order valence-corrected chi connectivity index (χ2v) is 5.80. The van der Waals surface area contributed by atoms with Crippen molar-refractivity contribution in [1.82, 2.24) is 0 Å². The van der Waals surface area contributed by atoms with Gasteiger partial charge in [-0.25, -0.2) is 4.79 Å². The highest BCUT2D eigenvalue weighted by atomic mass is 16.6. The molecule has 0 aliphatic rings. The molecule has 0 fully saturated rings. The van der Waals surface area contributed by atoms with Gasteiger partial charge in [-0.1, -0.05) is 25.1 Å². The van der Waals surface area contributed by atoms with Crippen LogP contribution in [0.15, 0.2) is 42.5 Å². The van der Waals surface area contributed by atoms with Crippen LogP contribution in [-0.4, -0.2) is 25.1 Å². The molecule has 0 atom stereocenters. The Balaban J connectivity index is 1.75. The van der Waals surface area contributed by atoms with E-state index in [0.29, 0.717) is 11.4 Å². The zero-order valence-corrected chi connectivity index (χ0v) is 14.8. The fourth-order valence-electron chi connectivity index (χ4n) is 2.20. The van der Waals surface area contributed by atoms with Gasteiger partial charge in [-0.05, 0) is 61.2 Å². The molecule has 5 nitrogen and oxygen atoms in total. The van der Waals surface area contributed by atoms with Gasteiger partial charge in [-0.15, -0.1) is 0 Å². The van der Waals surface area contributed by atoms with Gasteiger partial charge >= 0.3 is 5.97 Å². The monoisotopic (exact) mass is 341 g/mol. The summed E-state index contributed by atoms with van der Waals surface area (Å²) in [6.45, 7) is 5.44. The summed E-state index contributed by atoms with van der Waals surface area (Å²) >= 11 is 0. The van der Waals surface area contributed by atoms with E-state index in [1.165, 1.54) is 0 Å². The van der Waals surface area contributed by atoms with E-state index in [2.05, 4.69) is 5.32 Å². The number of nitrogens with one attached hydrogen (secondary N) is 1. The Hall–Kier alpha value is -2.82. The van der Waals surface area contributed by atoms with Crippen LogP contribution >= 0.6 is 0 Å². The number of benzene rings is 2. The summed E-state index contributed by atoms with van der Waals surface area (Å²) in [6.07, 6.45) is 0.883. The summed E-state index contributed by atoms with van der Waals surface area (Å²) in [4.78, 5) is 23.5. The first kappa shape index (κ1) is 18.5. The zero-order valence-electron chi connectivity index (χ0n) is 14.8. The van der Waals surface area contributed by atoms with Crippen molar-refractivity contribution in [3.63, 3.8) is 0 Å². The molecule has 0 heterocycles. The van der Waals surface area contributed by atoms with Gasteiger partial charge in [0.1, 0.15) is 5.75 Å². The lowest BCUT2D eigenvalue weighted by atomic mass is 10.1. The average molecular weight is 341 g/mol. The van der Waals surface area contributed by atoms with Gasteiger partial charge in [-0.2, -0.15) is 0 Å². The number of amides is 1. The molecule has 0 saturated heterocycles. The lowest BCUT2D eigenvalue weighted by Crippen LogP contribution is -2.23. The van der Waals surface area contributed by atoms with Gasteiger partial charge in [0.15, 0.2) is 13.2 Å². The van der Waals surface area contributed by atoms with Crippen LogP contribution in [0.25, 0.3) is 0 Å². The summed E-state index contributed by atoms with van der Waals surface area (Å²) in [6, 6.07) is 13.1. The van der Waals surface area contributed by atoms with E-state index in [0.717, 1.165) is 23.1 Å². The van der Waals surface area contributed by atoms with Crippen LogP contribution in [0.5, 0.6) is 5.75 Å². The predicted molar refractivity (Wildman–Crippen MR) is 96.8 cm³/mol. The van der Waals surface area contributed by atoms with Crippen molar-refractivity contribution >= 4 is 17.6 Å². The topological polar surface area (TPSA) is 64.6 Å². The van der Waals surface area contributed by atoms with Crippen LogP contribution < -0.4 is 10.1 Å². The molecule has 0 bridgehead atoms. The smallest absolute Gasteiger partial charge is 0.344 e. The Labute approximate surface area is 148 Å². The standard InChI is InChI=1S/C20H23NO4/c1-4-16-6-5-7-17(11-16)21-19(22)12-25-20(23)13-24-18-9-8-14(2)15(3)10-18/h5-11H,4,12-13H2,1-3H3,(H,21,22). The lowest BCUT2D eigenvalue weighted by Gasteiger charge is -2.09. The highest BCUT2D eigenvalue weighted by Crippen LogP contribution is 2.16. The number of ether oxygens (including phenoxy) is 2. The summed E-state index contributed by atoms with van der Waals surface area (Å²) in [7, 11) is 0. The minimum atomic E-state index is -0.587. The molecule has 0 aliphatic carbocycles. The van der Waals surface area contributed by atoms with Crippen molar-refractivity contribution < 1.29 is 19.1 Å². The molecular weight excluding hydrogens is 318 g/mol. The van der Waals surface area contributed by atoms with Crippen LogP contribution in [-0.2, 0) is 20.7 Å². The van der Waals surface area contributed by atoms with Crippen molar-refractivity contribution in [2.75, 3.05) is 18.5 Å². The van der Waals surface area contributed by atoms with Gasteiger partial charge in [0.25, 0.3) is 5.91 Å². The maximum atomic E-state index is 11.8. The summed E-state index contributed by atoms with van der Waals surface area (Å²) < 4.78 is 10.3. The molecule has 0 saturated carbocycles. The van der Waals surface area contributed by atoms with Crippen molar-refractivity contribution in [2.45, 2.75) is 27.2 Å². The third kappa shape index (κ3) is 5.95. The normalized spacial score (nSPS) is 10.2. The SMILES string of the molecule is CCc1cccc(NC(=O)COC(=O)COc2ccc(C)c(C)c2)c1. The Bertz CT molecular complexity index is 755. The summed E-state index contributed by atoms with van der Waals surface area (Å²) in [5.74, 6) is -0.371. The molecule has 1 amide bonds. The number of esters is 1. The number of anilines is 1. The molecule has 25 heavy (non-hydrogen) atoms. The molecule has 0 aromatic heterocycles. The third-order valence-corrected chi connectivity index (χ3v) is 3.82. The van der Waals surface area contributed by atoms with Crippen molar-refractivity contribution in [3.05, 3.63) is 59.2 Å². The van der Waals surface area contributed by atoms with Crippen molar-refractivity contribution in [3.8, 4) is 5.75 Å². The van der Waals surface area contributed by atoms with E-state index < -0.39 is 5.97 Å². The van der Waals surface area contributed by atoms with E-state index in [1.807, 2.05) is 51.1 Å². The molecular formula is C20H23NO4. The number of hydrogen-bond donors (Lipinski definition) is 1. The first-order chi connectivity index (χ1) is 12.0. The number of carbonyl (C=O) groups is 2. The fraction of sp³-hybridized carbons (Fsp3) is 0.300. The highest BCUT2D eigenvalue weighted by Gasteiger charge is 2.09. The van der Waals surface area contributed by atoms with Crippen LogP contribution in [0.3, 0.4) is 0 Å². The van der Waals surface area contributed by atoms with E-state index >= 15 is 0 Å². The molecule has 0 spiro atoms. The Morgan fingerprint density at radius 1 is 1.00 bits per heavy atom. The Morgan fingerprint density at radius 2 is 1.80 bits per heavy atom. The molecule has 0 aliphatic heterocycles. The summed E-state index contributed by atoms with van der Waals surface area (Å²) in [5, 5.41) is 2.70. The van der Waals surface area contributed by atoms with Gasteiger partial charge < -0.3 is 14.8 Å². The van der Waals surface area contributed by atoms with Gasteiger partial charge in [0.2, 0.25) is 0 Å². The number of rotatable bonds is 7. The molecule has 5 heteroatoms. The molecule has 0 radical (unpaired) electrons. The zero-order chi connectivity index (χ0) is 18.2. The average Bonchev–Trinajstić information content (AvgIpc) is 2.61. The first-order valence-electron chi connectivity index (χ1n) is 8.22. The Kier molecular flexibility index (Phi) is 6.57. The molecule has 0 unspecified atom stereocenters. The molecule has 2 aromatic carbocycles. The van der Waals surface area contributed by atoms with E-state index in [4.69, 9.17) is 9.47 Å². The molecule has 1 N–H and O–H groups in total. The van der Waals surface area contributed by atoms with Crippen LogP contribution in [0.1, 0.15) is 23.6 Å². The fourth-order valence-corrected chi connectivity index (χ4v) is 2.20. The van der Waals surface area contributed by atoms with Crippen molar-refractivity contribution in [1.29, 1.82) is 0 Å². The van der Waals surface area contributed by atoms with E-state index in [1.54, 1.807) is 12.1 Å². The second-order valence-electron chi connectivity index (χ2n) is 5.80. The van der Waals surface area contributed by atoms with Gasteiger partial charge in [-0.3, -0.25) is 4.79 Å².